The fraction of sp³-hybridized carbons (Fsp3) is 0.444. The molecule has 0 saturated heterocycles. The van der Waals surface area contributed by atoms with Crippen LogP contribution in [0.15, 0.2) is 24.9 Å². The van der Waals surface area contributed by atoms with Crippen molar-refractivity contribution in [2.75, 3.05) is 0 Å². The molecule has 1 unspecified atom stereocenters. The number of hydrogen-bond acceptors (Lipinski definition) is 4. The average molecular weight is 206 g/mol. The summed E-state index contributed by atoms with van der Waals surface area (Å²) in [4.78, 5) is 3.97. The fourth-order valence-corrected chi connectivity index (χ4v) is 1.27. The monoisotopic (exact) mass is 206 g/mol. The molecule has 2 rings (SSSR count). The van der Waals surface area contributed by atoms with Crippen molar-refractivity contribution in [2.24, 2.45) is 5.73 Å². The van der Waals surface area contributed by atoms with Crippen LogP contribution in [0, 0.1) is 0 Å². The number of aryl methyl sites for hydroxylation is 2. The maximum absolute atomic E-state index is 5.69. The van der Waals surface area contributed by atoms with Gasteiger partial charge in [0, 0.05) is 25.0 Å². The molecule has 1 atom stereocenters. The largest absolute Gasteiger partial charge is 0.336 e. The number of nitrogens with zero attached hydrogens (tertiary/aromatic N) is 5. The first-order valence-corrected chi connectivity index (χ1v) is 4.87. The van der Waals surface area contributed by atoms with E-state index in [1.165, 1.54) is 0 Å². The summed E-state index contributed by atoms with van der Waals surface area (Å²) in [6, 6.07) is -0.0630. The highest BCUT2D eigenvalue weighted by Crippen LogP contribution is 2.03. The first-order chi connectivity index (χ1) is 7.25. The summed E-state index contributed by atoms with van der Waals surface area (Å²) in [5, 5.41) is 7.97. The lowest BCUT2D eigenvalue weighted by Crippen LogP contribution is -2.07. The van der Waals surface area contributed by atoms with Crippen LogP contribution in [-0.2, 0) is 13.1 Å². The summed E-state index contributed by atoms with van der Waals surface area (Å²) >= 11 is 0. The van der Waals surface area contributed by atoms with Crippen molar-refractivity contribution in [1.29, 1.82) is 0 Å². The van der Waals surface area contributed by atoms with Crippen LogP contribution in [0.5, 0.6) is 0 Å². The zero-order valence-electron chi connectivity index (χ0n) is 8.61. The molecule has 0 amide bonds. The number of aromatic nitrogens is 5. The van der Waals surface area contributed by atoms with Gasteiger partial charge in [0.2, 0.25) is 0 Å². The summed E-state index contributed by atoms with van der Waals surface area (Å²) < 4.78 is 3.78. The SMILES string of the molecule is CC(N)c1cn(CCn2ccnc2)nn1. The average Bonchev–Trinajstić information content (AvgIpc) is 2.86. The summed E-state index contributed by atoms with van der Waals surface area (Å²) in [5.74, 6) is 0. The molecule has 80 valence electrons. The van der Waals surface area contributed by atoms with Crippen LogP contribution in [-0.4, -0.2) is 24.5 Å². The predicted molar refractivity (Wildman–Crippen MR) is 54.9 cm³/mol. The van der Waals surface area contributed by atoms with E-state index in [4.69, 9.17) is 5.73 Å². The minimum atomic E-state index is -0.0630. The molecule has 2 N–H and O–H groups in total. The smallest absolute Gasteiger partial charge is 0.0991 e. The minimum Gasteiger partial charge on any atom is -0.336 e. The molecule has 6 nitrogen and oxygen atoms in total. The lowest BCUT2D eigenvalue weighted by molar-refractivity contribution is 0.519. The Labute approximate surface area is 87.7 Å². The Morgan fingerprint density at radius 3 is 2.93 bits per heavy atom. The number of nitrogens with two attached hydrogens (primary N) is 1. The Morgan fingerprint density at radius 2 is 2.33 bits per heavy atom. The second-order valence-corrected chi connectivity index (χ2v) is 3.50. The van der Waals surface area contributed by atoms with Crippen molar-refractivity contribution < 1.29 is 0 Å². The van der Waals surface area contributed by atoms with Crippen LogP contribution in [0.2, 0.25) is 0 Å². The Hall–Kier alpha value is -1.69. The molecule has 2 heterocycles. The maximum atomic E-state index is 5.69. The molecule has 0 aliphatic rings. The molecule has 0 aliphatic carbocycles. The molecule has 0 bridgehead atoms. The lowest BCUT2D eigenvalue weighted by atomic mass is 10.3. The van der Waals surface area contributed by atoms with Gasteiger partial charge in [0.05, 0.1) is 24.8 Å². The van der Waals surface area contributed by atoms with Gasteiger partial charge in [-0.3, -0.25) is 4.68 Å². The summed E-state index contributed by atoms with van der Waals surface area (Å²) in [6.45, 7) is 3.50. The third kappa shape index (κ3) is 2.41. The molecular formula is C9H14N6. The molecule has 0 aliphatic heterocycles. The minimum absolute atomic E-state index is 0.0630. The highest BCUT2D eigenvalue weighted by molar-refractivity contribution is 4.97. The summed E-state index contributed by atoms with van der Waals surface area (Å²) in [5.41, 5.74) is 6.51. The van der Waals surface area contributed by atoms with E-state index >= 15 is 0 Å². The molecular weight excluding hydrogens is 192 g/mol. The van der Waals surface area contributed by atoms with E-state index in [-0.39, 0.29) is 6.04 Å². The molecule has 2 aromatic heterocycles. The van der Waals surface area contributed by atoms with Gasteiger partial charge in [-0.15, -0.1) is 5.10 Å². The van der Waals surface area contributed by atoms with Crippen molar-refractivity contribution >= 4 is 0 Å². The van der Waals surface area contributed by atoms with Gasteiger partial charge in [-0.25, -0.2) is 4.98 Å². The van der Waals surface area contributed by atoms with Crippen molar-refractivity contribution in [3.05, 3.63) is 30.6 Å². The van der Waals surface area contributed by atoms with Crippen LogP contribution in [0.4, 0.5) is 0 Å². The second kappa shape index (κ2) is 4.22. The summed E-state index contributed by atoms with van der Waals surface area (Å²) in [7, 11) is 0. The van der Waals surface area contributed by atoms with Crippen LogP contribution < -0.4 is 5.73 Å². The zero-order chi connectivity index (χ0) is 10.7. The topological polar surface area (TPSA) is 74.5 Å². The van der Waals surface area contributed by atoms with E-state index < -0.39 is 0 Å². The van der Waals surface area contributed by atoms with Crippen LogP contribution >= 0.6 is 0 Å². The first-order valence-electron chi connectivity index (χ1n) is 4.87. The Bertz CT molecular complexity index is 402. The van der Waals surface area contributed by atoms with E-state index in [1.54, 1.807) is 17.2 Å². The standard InChI is InChI=1S/C9H14N6/c1-8(10)9-6-15(13-12-9)5-4-14-3-2-11-7-14/h2-3,6-8H,4-5,10H2,1H3. The summed E-state index contributed by atoms with van der Waals surface area (Å²) in [6.07, 6.45) is 7.34. The van der Waals surface area contributed by atoms with E-state index in [9.17, 15) is 0 Å². The molecule has 0 radical (unpaired) electrons. The molecule has 6 heteroatoms. The van der Waals surface area contributed by atoms with Gasteiger partial charge in [0.1, 0.15) is 0 Å². The van der Waals surface area contributed by atoms with Crippen LogP contribution in [0.3, 0.4) is 0 Å². The molecule has 0 saturated carbocycles. The van der Waals surface area contributed by atoms with Crippen molar-refractivity contribution in [3.8, 4) is 0 Å². The van der Waals surface area contributed by atoms with Gasteiger partial charge >= 0.3 is 0 Å². The van der Waals surface area contributed by atoms with Gasteiger partial charge in [-0.2, -0.15) is 0 Å². The maximum Gasteiger partial charge on any atom is 0.0991 e. The van der Waals surface area contributed by atoms with Gasteiger partial charge < -0.3 is 10.3 Å². The predicted octanol–water partition coefficient (Wildman–Crippen LogP) is 0.194. The van der Waals surface area contributed by atoms with Gasteiger partial charge in [-0.05, 0) is 6.92 Å². The number of imidazole rings is 1. The molecule has 0 aromatic carbocycles. The van der Waals surface area contributed by atoms with E-state index in [0.717, 1.165) is 18.8 Å². The van der Waals surface area contributed by atoms with Crippen LogP contribution in [0.25, 0.3) is 0 Å². The highest BCUT2D eigenvalue weighted by atomic mass is 15.4. The first kappa shape index (κ1) is 9.85. The third-order valence-electron chi connectivity index (χ3n) is 2.17. The molecule has 15 heavy (non-hydrogen) atoms. The number of hydrogen-bond donors (Lipinski definition) is 1. The van der Waals surface area contributed by atoms with E-state index in [0.29, 0.717) is 0 Å². The van der Waals surface area contributed by atoms with Crippen molar-refractivity contribution in [3.63, 3.8) is 0 Å². The normalized spacial score (nSPS) is 12.9. The zero-order valence-corrected chi connectivity index (χ0v) is 8.61. The van der Waals surface area contributed by atoms with Crippen molar-refractivity contribution in [1.82, 2.24) is 24.5 Å². The Kier molecular flexibility index (Phi) is 2.77. The van der Waals surface area contributed by atoms with Gasteiger partial charge in [-0.1, -0.05) is 5.21 Å². The number of rotatable bonds is 4. The third-order valence-corrected chi connectivity index (χ3v) is 2.17. The lowest BCUT2D eigenvalue weighted by Gasteiger charge is -2.01. The van der Waals surface area contributed by atoms with Gasteiger partial charge in [0.25, 0.3) is 0 Å². The second-order valence-electron chi connectivity index (χ2n) is 3.50. The molecule has 0 spiro atoms. The van der Waals surface area contributed by atoms with Gasteiger partial charge in [0.15, 0.2) is 0 Å². The fourth-order valence-electron chi connectivity index (χ4n) is 1.27. The quantitative estimate of drug-likeness (QED) is 0.775. The molecule has 0 fully saturated rings. The Morgan fingerprint density at radius 1 is 1.47 bits per heavy atom. The van der Waals surface area contributed by atoms with E-state index in [2.05, 4.69) is 15.3 Å². The highest BCUT2D eigenvalue weighted by Gasteiger charge is 2.04. The van der Waals surface area contributed by atoms with Crippen molar-refractivity contribution in [2.45, 2.75) is 26.1 Å². The Balaban J connectivity index is 1.94. The van der Waals surface area contributed by atoms with Crippen LogP contribution in [0.1, 0.15) is 18.7 Å². The van der Waals surface area contributed by atoms with E-state index in [1.807, 2.05) is 23.9 Å². The molecule has 2 aromatic rings.